The highest BCUT2D eigenvalue weighted by Gasteiger charge is 2.37. The van der Waals surface area contributed by atoms with Crippen molar-refractivity contribution in [3.63, 3.8) is 0 Å². The van der Waals surface area contributed by atoms with Crippen molar-refractivity contribution < 1.29 is 19.1 Å². The molecule has 2 fully saturated rings. The van der Waals surface area contributed by atoms with Crippen LogP contribution in [0.15, 0.2) is 36.7 Å². The lowest BCUT2D eigenvalue weighted by molar-refractivity contribution is -0.152. The van der Waals surface area contributed by atoms with Crippen molar-refractivity contribution in [1.29, 1.82) is 0 Å². The number of imide groups is 1. The first-order chi connectivity index (χ1) is 17.7. The molecule has 198 valence electrons. The van der Waals surface area contributed by atoms with E-state index in [0.29, 0.717) is 38.9 Å². The predicted octanol–water partition coefficient (Wildman–Crippen LogP) is 3.25. The summed E-state index contributed by atoms with van der Waals surface area (Å²) in [7, 11) is 0. The number of likely N-dealkylation sites (tertiary alicyclic amines) is 1. The summed E-state index contributed by atoms with van der Waals surface area (Å²) in [4.78, 5) is 51.4. The molecule has 4 heterocycles. The Morgan fingerprint density at radius 1 is 0.919 bits per heavy atom. The van der Waals surface area contributed by atoms with Crippen LogP contribution in [-0.2, 0) is 22.4 Å². The van der Waals surface area contributed by atoms with Gasteiger partial charge in [0.25, 0.3) is 0 Å². The van der Waals surface area contributed by atoms with E-state index in [4.69, 9.17) is 4.74 Å². The quantitative estimate of drug-likeness (QED) is 0.506. The molecule has 2 aliphatic heterocycles. The van der Waals surface area contributed by atoms with Gasteiger partial charge in [0.2, 0.25) is 17.7 Å². The van der Waals surface area contributed by atoms with Crippen LogP contribution in [0.1, 0.15) is 49.9 Å². The molecule has 9 nitrogen and oxygen atoms in total. The number of hydrogen-bond donors (Lipinski definition) is 0. The van der Waals surface area contributed by atoms with Crippen LogP contribution in [0.3, 0.4) is 0 Å². The molecule has 2 aromatic heterocycles. The summed E-state index contributed by atoms with van der Waals surface area (Å²) >= 11 is 0. The normalized spacial score (nSPS) is 18.2. The molecule has 4 rings (SSSR count). The van der Waals surface area contributed by atoms with E-state index in [1.54, 1.807) is 17.2 Å². The van der Waals surface area contributed by atoms with Gasteiger partial charge < -0.3 is 9.64 Å². The van der Waals surface area contributed by atoms with Crippen molar-refractivity contribution >= 4 is 17.9 Å². The maximum atomic E-state index is 12.6. The monoisotopic (exact) mass is 507 g/mol. The lowest BCUT2D eigenvalue weighted by atomic mass is 9.81. The molecule has 0 atom stereocenters. The van der Waals surface area contributed by atoms with Gasteiger partial charge in [-0.1, -0.05) is 26.0 Å². The van der Waals surface area contributed by atoms with E-state index >= 15 is 0 Å². The van der Waals surface area contributed by atoms with Crippen LogP contribution < -0.4 is 4.74 Å². The maximum absolute atomic E-state index is 12.6. The van der Waals surface area contributed by atoms with E-state index in [0.717, 1.165) is 43.7 Å². The van der Waals surface area contributed by atoms with Gasteiger partial charge in [-0.15, -0.1) is 0 Å². The number of piperidine rings is 1. The number of rotatable bonds is 8. The van der Waals surface area contributed by atoms with Gasteiger partial charge in [0.1, 0.15) is 0 Å². The lowest BCUT2D eigenvalue weighted by Crippen LogP contribution is -2.49. The van der Waals surface area contributed by atoms with Gasteiger partial charge in [-0.2, -0.15) is 0 Å². The third kappa shape index (κ3) is 7.58. The number of piperazine rings is 1. The van der Waals surface area contributed by atoms with E-state index in [9.17, 15) is 14.4 Å². The van der Waals surface area contributed by atoms with Crippen LogP contribution in [0.4, 0.5) is 4.79 Å². The standard InChI is InChI=1S/C28H37N5O4/c1-21-6-8-23(29-19-21)5-4-11-31-13-15-32(16-14-31)27(36)37-24-9-7-22(20-30-24)10-12-33-25(34)17-28(2,3)18-26(33)35/h6-9,19-20H,4-5,10-18H2,1-3H3. The van der Waals surface area contributed by atoms with Crippen molar-refractivity contribution in [3.05, 3.63) is 53.5 Å². The van der Waals surface area contributed by atoms with Gasteiger partial charge in [0.15, 0.2) is 0 Å². The van der Waals surface area contributed by atoms with Gasteiger partial charge >= 0.3 is 6.09 Å². The first-order valence-corrected chi connectivity index (χ1v) is 13.1. The minimum atomic E-state index is -0.393. The minimum Gasteiger partial charge on any atom is -0.391 e. The number of aryl methyl sites for hydroxylation is 2. The molecule has 0 saturated carbocycles. The van der Waals surface area contributed by atoms with Crippen molar-refractivity contribution in [1.82, 2.24) is 24.7 Å². The number of pyridine rings is 2. The highest BCUT2D eigenvalue weighted by Crippen LogP contribution is 2.31. The van der Waals surface area contributed by atoms with Gasteiger partial charge in [-0.25, -0.2) is 9.78 Å². The summed E-state index contributed by atoms with van der Waals surface area (Å²) in [6.07, 6.45) is 6.41. The molecular weight excluding hydrogens is 470 g/mol. The molecule has 2 saturated heterocycles. The molecule has 0 unspecified atom stereocenters. The second kappa shape index (κ2) is 11.8. The predicted molar refractivity (Wildman–Crippen MR) is 139 cm³/mol. The molecule has 2 aliphatic rings. The Kier molecular flexibility index (Phi) is 8.53. The van der Waals surface area contributed by atoms with Gasteiger partial charge in [-0.3, -0.25) is 24.4 Å². The molecule has 0 N–H and O–H groups in total. The number of nitrogens with zero attached hydrogens (tertiary/aromatic N) is 5. The van der Waals surface area contributed by atoms with E-state index in [2.05, 4.69) is 27.0 Å². The summed E-state index contributed by atoms with van der Waals surface area (Å²) in [6, 6.07) is 7.65. The summed E-state index contributed by atoms with van der Waals surface area (Å²) in [5, 5.41) is 0. The lowest BCUT2D eigenvalue weighted by Gasteiger charge is -2.34. The first-order valence-electron chi connectivity index (χ1n) is 13.1. The smallest absolute Gasteiger partial charge is 0.391 e. The molecule has 37 heavy (non-hydrogen) atoms. The average Bonchev–Trinajstić information content (AvgIpc) is 2.85. The number of ether oxygens (including phenoxy) is 1. The van der Waals surface area contributed by atoms with Crippen molar-refractivity contribution in [2.45, 2.75) is 52.9 Å². The van der Waals surface area contributed by atoms with Crippen LogP contribution in [0, 0.1) is 12.3 Å². The molecule has 0 spiro atoms. The van der Waals surface area contributed by atoms with Gasteiger partial charge in [0, 0.05) is 69.7 Å². The number of carbonyl (C=O) groups is 3. The summed E-state index contributed by atoms with van der Waals surface area (Å²) in [5.74, 6) is -0.0000779. The molecule has 0 aliphatic carbocycles. The van der Waals surface area contributed by atoms with Crippen molar-refractivity contribution in [3.8, 4) is 5.88 Å². The third-order valence-electron chi connectivity index (χ3n) is 6.99. The van der Waals surface area contributed by atoms with Crippen molar-refractivity contribution in [2.75, 3.05) is 39.3 Å². The Labute approximate surface area is 218 Å². The van der Waals surface area contributed by atoms with Crippen LogP contribution in [0.25, 0.3) is 0 Å². The fourth-order valence-electron chi connectivity index (χ4n) is 4.76. The van der Waals surface area contributed by atoms with E-state index < -0.39 is 6.09 Å². The zero-order valence-electron chi connectivity index (χ0n) is 22.1. The van der Waals surface area contributed by atoms with E-state index in [-0.39, 0.29) is 23.1 Å². The second-order valence-electron chi connectivity index (χ2n) is 10.8. The molecule has 2 aromatic rings. The Morgan fingerprint density at radius 2 is 1.65 bits per heavy atom. The highest BCUT2D eigenvalue weighted by atomic mass is 16.6. The van der Waals surface area contributed by atoms with E-state index in [1.807, 2.05) is 33.0 Å². The molecule has 0 aromatic carbocycles. The van der Waals surface area contributed by atoms with Crippen LogP contribution in [0.5, 0.6) is 5.88 Å². The molecule has 0 radical (unpaired) electrons. The van der Waals surface area contributed by atoms with Crippen molar-refractivity contribution in [2.24, 2.45) is 5.41 Å². The Balaban J connectivity index is 1.16. The zero-order chi connectivity index (χ0) is 26.4. The summed E-state index contributed by atoms with van der Waals surface area (Å²) in [6.45, 7) is 10.1. The Hall–Kier alpha value is -3.33. The molecule has 9 heteroatoms. The number of aromatic nitrogens is 2. The SMILES string of the molecule is Cc1ccc(CCCN2CCN(C(=O)Oc3ccc(CCN4C(=O)CC(C)(C)CC4=O)cn3)CC2)nc1. The largest absolute Gasteiger partial charge is 0.416 e. The van der Waals surface area contributed by atoms with Gasteiger partial charge in [0.05, 0.1) is 0 Å². The number of hydrogen-bond acceptors (Lipinski definition) is 7. The molecule has 3 amide bonds. The van der Waals surface area contributed by atoms with Crippen LogP contribution in [-0.4, -0.2) is 81.8 Å². The second-order valence-corrected chi connectivity index (χ2v) is 10.8. The van der Waals surface area contributed by atoms with Crippen LogP contribution >= 0.6 is 0 Å². The summed E-state index contributed by atoms with van der Waals surface area (Å²) < 4.78 is 5.47. The number of amides is 3. The average molecular weight is 508 g/mol. The fourth-order valence-corrected chi connectivity index (χ4v) is 4.76. The Bertz CT molecular complexity index is 1070. The molecular formula is C28H37N5O4. The van der Waals surface area contributed by atoms with E-state index in [1.165, 1.54) is 10.5 Å². The maximum Gasteiger partial charge on any atom is 0.416 e. The zero-order valence-corrected chi connectivity index (χ0v) is 22.1. The third-order valence-corrected chi connectivity index (χ3v) is 6.99. The molecule has 0 bridgehead atoms. The summed E-state index contributed by atoms with van der Waals surface area (Å²) in [5.41, 5.74) is 2.89. The fraction of sp³-hybridized carbons (Fsp3) is 0.536. The highest BCUT2D eigenvalue weighted by molar-refractivity contribution is 5.98. The Morgan fingerprint density at radius 3 is 2.27 bits per heavy atom. The topological polar surface area (TPSA) is 95.9 Å². The first kappa shape index (κ1) is 26.7. The minimum absolute atomic E-state index is 0.122. The number of carbonyl (C=O) groups excluding carboxylic acids is 3. The van der Waals surface area contributed by atoms with Gasteiger partial charge in [-0.05, 0) is 55.3 Å². The van der Waals surface area contributed by atoms with Crippen LogP contribution in [0.2, 0.25) is 0 Å².